The third-order valence-electron chi connectivity index (χ3n) is 3.31. The van der Waals surface area contributed by atoms with Crippen LogP contribution in [0.25, 0.3) is 0 Å². The molecule has 0 amide bonds. The van der Waals surface area contributed by atoms with Crippen molar-refractivity contribution in [3.8, 4) is 0 Å². The van der Waals surface area contributed by atoms with Gasteiger partial charge in [-0.05, 0) is 36.5 Å². The number of hydrogen-bond acceptors (Lipinski definition) is 5. The molecule has 0 N–H and O–H groups in total. The standard InChI is InChI=1S/C14H19FN2O2S2/c15-13-6-5-12(9-14(13)17(18)19)16-10-20-7-3-1-2-4-8-21-11-16/h5-6,9H,1-4,7-8,10-11H2. The minimum Gasteiger partial charge on any atom is -0.353 e. The average Bonchev–Trinajstić information content (AvgIpc) is 2.53. The molecule has 1 aromatic carbocycles. The second-order valence-electron chi connectivity index (χ2n) is 4.92. The van der Waals surface area contributed by atoms with Crippen LogP contribution in [0, 0.1) is 15.9 Å². The number of anilines is 1. The molecule has 0 aliphatic carbocycles. The number of hydrogen-bond donors (Lipinski definition) is 0. The zero-order chi connectivity index (χ0) is 15.1. The van der Waals surface area contributed by atoms with Crippen LogP contribution in [0.1, 0.15) is 25.7 Å². The first-order valence-electron chi connectivity index (χ1n) is 7.03. The number of rotatable bonds is 2. The minimum absolute atomic E-state index is 0.447. The molecule has 4 nitrogen and oxygen atoms in total. The van der Waals surface area contributed by atoms with Gasteiger partial charge in [0.1, 0.15) is 0 Å². The molecular weight excluding hydrogens is 311 g/mol. The van der Waals surface area contributed by atoms with Crippen LogP contribution in [-0.2, 0) is 0 Å². The molecule has 1 saturated heterocycles. The van der Waals surface area contributed by atoms with Gasteiger partial charge in [0.25, 0.3) is 0 Å². The van der Waals surface area contributed by atoms with Crippen molar-refractivity contribution in [3.63, 3.8) is 0 Å². The van der Waals surface area contributed by atoms with Crippen molar-refractivity contribution in [1.29, 1.82) is 0 Å². The van der Waals surface area contributed by atoms with E-state index in [9.17, 15) is 14.5 Å². The van der Waals surface area contributed by atoms with Gasteiger partial charge in [0.05, 0.1) is 16.7 Å². The van der Waals surface area contributed by atoms with E-state index >= 15 is 0 Å². The quantitative estimate of drug-likeness (QED) is 0.590. The van der Waals surface area contributed by atoms with Gasteiger partial charge >= 0.3 is 5.69 Å². The Morgan fingerprint density at radius 2 is 1.71 bits per heavy atom. The number of nitro groups is 1. The molecule has 0 radical (unpaired) electrons. The SMILES string of the molecule is O=[N+]([O-])c1cc(N2CSCCCCCCSC2)ccc1F. The molecule has 2 rings (SSSR count). The molecule has 1 heterocycles. The highest BCUT2D eigenvalue weighted by Crippen LogP contribution is 2.27. The Labute approximate surface area is 132 Å². The van der Waals surface area contributed by atoms with Crippen LogP contribution in [0.2, 0.25) is 0 Å². The molecule has 7 heteroatoms. The smallest absolute Gasteiger partial charge is 0.306 e. The summed E-state index contributed by atoms with van der Waals surface area (Å²) >= 11 is 3.66. The van der Waals surface area contributed by atoms with Crippen LogP contribution in [0.5, 0.6) is 0 Å². The van der Waals surface area contributed by atoms with E-state index in [0.29, 0.717) is 0 Å². The van der Waals surface area contributed by atoms with E-state index in [2.05, 4.69) is 4.90 Å². The summed E-state index contributed by atoms with van der Waals surface area (Å²) < 4.78 is 13.4. The molecule has 0 atom stereocenters. The Morgan fingerprint density at radius 1 is 1.10 bits per heavy atom. The number of halogens is 1. The lowest BCUT2D eigenvalue weighted by molar-refractivity contribution is -0.387. The van der Waals surface area contributed by atoms with E-state index < -0.39 is 16.4 Å². The van der Waals surface area contributed by atoms with Crippen molar-refractivity contribution >= 4 is 34.9 Å². The van der Waals surface area contributed by atoms with Crippen LogP contribution in [-0.4, -0.2) is 28.2 Å². The maximum atomic E-state index is 13.4. The third-order valence-corrected chi connectivity index (χ3v) is 5.46. The fourth-order valence-corrected chi connectivity index (χ4v) is 4.25. The minimum atomic E-state index is -0.776. The fraction of sp³-hybridized carbons (Fsp3) is 0.571. The summed E-state index contributed by atoms with van der Waals surface area (Å²) in [6, 6.07) is 4.16. The predicted octanol–water partition coefficient (Wildman–Crippen LogP) is 4.50. The van der Waals surface area contributed by atoms with Gasteiger partial charge in [-0.1, -0.05) is 12.8 Å². The topological polar surface area (TPSA) is 46.4 Å². The second-order valence-corrected chi connectivity index (χ2v) is 7.07. The summed E-state index contributed by atoms with van der Waals surface area (Å²) in [5.41, 5.74) is 0.277. The molecule has 0 bridgehead atoms. The van der Waals surface area contributed by atoms with E-state index in [1.807, 2.05) is 23.5 Å². The monoisotopic (exact) mass is 330 g/mol. The second kappa shape index (κ2) is 8.48. The van der Waals surface area contributed by atoms with Crippen molar-refractivity contribution < 1.29 is 9.31 Å². The summed E-state index contributed by atoms with van der Waals surface area (Å²) in [6.45, 7) is 0. The number of benzene rings is 1. The molecule has 0 unspecified atom stereocenters. The van der Waals surface area contributed by atoms with Crippen LogP contribution in [0.3, 0.4) is 0 Å². The van der Waals surface area contributed by atoms with E-state index in [-0.39, 0.29) is 0 Å². The van der Waals surface area contributed by atoms with Crippen molar-refractivity contribution in [2.24, 2.45) is 0 Å². The Bertz CT molecular complexity index is 476. The van der Waals surface area contributed by atoms with Crippen LogP contribution in [0.15, 0.2) is 18.2 Å². The summed E-state index contributed by atoms with van der Waals surface area (Å²) in [5.74, 6) is 3.00. The first kappa shape index (κ1) is 16.4. The Kier molecular flexibility index (Phi) is 6.63. The Morgan fingerprint density at radius 3 is 2.29 bits per heavy atom. The number of nitro benzene ring substituents is 1. The first-order chi connectivity index (χ1) is 10.2. The van der Waals surface area contributed by atoms with Crippen molar-refractivity contribution in [3.05, 3.63) is 34.1 Å². The maximum Gasteiger partial charge on any atom is 0.306 e. The molecule has 116 valence electrons. The first-order valence-corrected chi connectivity index (χ1v) is 9.34. The largest absolute Gasteiger partial charge is 0.353 e. The Balaban J connectivity index is 2.12. The molecule has 1 aliphatic rings. The molecular formula is C14H19FN2O2S2. The molecule has 21 heavy (non-hydrogen) atoms. The van der Waals surface area contributed by atoms with Crippen LogP contribution < -0.4 is 4.90 Å². The zero-order valence-electron chi connectivity index (χ0n) is 11.8. The summed E-state index contributed by atoms with van der Waals surface area (Å²) in [6.07, 6.45) is 4.98. The van der Waals surface area contributed by atoms with E-state index in [1.165, 1.54) is 37.8 Å². The number of nitrogens with zero attached hydrogens (tertiary/aromatic N) is 2. The lowest BCUT2D eigenvalue weighted by Crippen LogP contribution is -2.22. The van der Waals surface area contributed by atoms with Gasteiger partial charge in [-0.2, -0.15) is 4.39 Å². The van der Waals surface area contributed by atoms with Crippen molar-refractivity contribution in [1.82, 2.24) is 0 Å². The van der Waals surface area contributed by atoms with Crippen LogP contribution in [0.4, 0.5) is 15.8 Å². The number of thioether (sulfide) groups is 2. The van der Waals surface area contributed by atoms with E-state index in [0.717, 1.165) is 28.9 Å². The zero-order valence-corrected chi connectivity index (χ0v) is 13.4. The fourth-order valence-electron chi connectivity index (χ4n) is 2.14. The lowest BCUT2D eigenvalue weighted by atomic mass is 10.2. The van der Waals surface area contributed by atoms with Crippen molar-refractivity contribution in [2.75, 3.05) is 28.2 Å². The van der Waals surface area contributed by atoms with Gasteiger partial charge in [0, 0.05) is 11.8 Å². The van der Waals surface area contributed by atoms with Gasteiger partial charge in [0.2, 0.25) is 5.82 Å². The van der Waals surface area contributed by atoms with Gasteiger partial charge in [0.15, 0.2) is 0 Å². The van der Waals surface area contributed by atoms with E-state index in [1.54, 1.807) is 6.07 Å². The Hall–Kier alpha value is -0.950. The van der Waals surface area contributed by atoms with Gasteiger partial charge < -0.3 is 4.90 Å². The van der Waals surface area contributed by atoms with Gasteiger partial charge in [-0.25, -0.2) is 0 Å². The molecule has 1 aliphatic heterocycles. The van der Waals surface area contributed by atoms with Gasteiger partial charge in [-0.3, -0.25) is 10.1 Å². The molecule has 0 aromatic heterocycles. The molecule has 1 aromatic rings. The third kappa shape index (κ3) is 5.07. The summed E-state index contributed by atoms with van der Waals surface area (Å²) in [7, 11) is 0. The molecule has 0 saturated carbocycles. The summed E-state index contributed by atoms with van der Waals surface area (Å²) in [5, 5.41) is 10.9. The lowest BCUT2D eigenvalue weighted by Gasteiger charge is -2.23. The highest BCUT2D eigenvalue weighted by Gasteiger charge is 2.17. The van der Waals surface area contributed by atoms with Crippen molar-refractivity contribution in [2.45, 2.75) is 25.7 Å². The molecule has 0 spiro atoms. The van der Waals surface area contributed by atoms with Crippen LogP contribution >= 0.6 is 23.5 Å². The summed E-state index contributed by atoms with van der Waals surface area (Å²) in [4.78, 5) is 12.3. The average molecular weight is 330 g/mol. The van der Waals surface area contributed by atoms with E-state index in [4.69, 9.17) is 0 Å². The van der Waals surface area contributed by atoms with Gasteiger partial charge in [-0.15, -0.1) is 23.5 Å². The highest BCUT2D eigenvalue weighted by molar-refractivity contribution is 8.00. The predicted molar refractivity (Wildman–Crippen MR) is 88.7 cm³/mol. The normalized spacial score (nSPS) is 18.0. The maximum absolute atomic E-state index is 13.4. The molecule has 1 fully saturated rings. The highest BCUT2D eigenvalue weighted by atomic mass is 32.2.